The minimum atomic E-state index is -3.81. The number of halogens is 1. The second-order valence-corrected chi connectivity index (χ2v) is 8.00. The van der Waals surface area contributed by atoms with E-state index in [1.165, 1.54) is 12.1 Å². The fourth-order valence-corrected chi connectivity index (χ4v) is 5.32. The van der Waals surface area contributed by atoms with Gasteiger partial charge in [0.2, 0.25) is 0 Å². The summed E-state index contributed by atoms with van der Waals surface area (Å²) in [5.74, 6) is -5.03. The first-order valence-corrected chi connectivity index (χ1v) is 8.62. The SMILES string of the molecule is O=C(O)[C@H]1C[C@H](S(=O)(=O)c2ccccc2)[C@H](Cl)C[C@H]1C(=O)O. The van der Waals surface area contributed by atoms with Gasteiger partial charge in [-0.15, -0.1) is 11.6 Å². The summed E-state index contributed by atoms with van der Waals surface area (Å²) in [6.45, 7) is 0. The van der Waals surface area contributed by atoms with Crippen LogP contribution >= 0.6 is 11.6 Å². The number of rotatable bonds is 4. The molecule has 0 heterocycles. The van der Waals surface area contributed by atoms with Crippen LogP contribution in [0.3, 0.4) is 0 Å². The Balaban J connectivity index is 2.36. The molecule has 22 heavy (non-hydrogen) atoms. The number of hydrogen-bond acceptors (Lipinski definition) is 4. The maximum atomic E-state index is 12.6. The van der Waals surface area contributed by atoms with Crippen LogP contribution in [0.15, 0.2) is 35.2 Å². The van der Waals surface area contributed by atoms with E-state index in [0.717, 1.165) is 0 Å². The highest BCUT2D eigenvalue weighted by atomic mass is 35.5. The lowest BCUT2D eigenvalue weighted by molar-refractivity contribution is -0.155. The van der Waals surface area contributed by atoms with Crippen molar-refractivity contribution in [3.05, 3.63) is 30.3 Å². The number of carboxylic acid groups (broad SMARTS) is 2. The molecule has 0 aliphatic heterocycles. The van der Waals surface area contributed by atoms with E-state index in [4.69, 9.17) is 16.7 Å². The van der Waals surface area contributed by atoms with Crippen molar-refractivity contribution in [3.63, 3.8) is 0 Å². The first-order valence-electron chi connectivity index (χ1n) is 6.63. The molecular formula is C14H15ClO6S. The quantitative estimate of drug-likeness (QED) is 0.802. The predicted molar refractivity (Wildman–Crippen MR) is 78.5 cm³/mol. The van der Waals surface area contributed by atoms with Crippen LogP contribution in [-0.4, -0.2) is 41.2 Å². The van der Waals surface area contributed by atoms with Crippen LogP contribution in [0.4, 0.5) is 0 Å². The second kappa shape index (κ2) is 6.26. The van der Waals surface area contributed by atoms with Gasteiger partial charge in [-0.25, -0.2) is 8.42 Å². The average Bonchev–Trinajstić information content (AvgIpc) is 2.47. The third-order valence-electron chi connectivity index (χ3n) is 3.96. The van der Waals surface area contributed by atoms with Crippen LogP contribution in [0.2, 0.25) is 0 Å². The van der Waals surface area contributed by atoms with Gasteiger partial charge in [0, 0.05) is 0 Å². The lowest BCUT2D eigenvalue weighted by Gasteiger charge is -2.34. The molecule has 4 atom stereocenters. The molecule has 1 fully saturated rings. The maximum Gasteiger partial charge on any atom is 0.307 e. The van der Waals surface area contributed by atoms with Crippen LogP contribution in [0.1, 0.15) is 12.8 Å². The van der Waals surface area contributed by atoms with Crippen molar-refractivity contribution in [1.29, 1.82) is 0 Å². The molecule has 2 N–H and O–H groups in total. The Morgan fingerprint density at radius 3 is 2.00 bits per heavy atom. The van der Waals surface area contributed by atoms with Gasteiger partial charge in [0.15, 0.2) is 9.84 Å². The molecule has 0 saturated heterocycles. The number of alkyl halides is 1. The summed E-state index contributed by atoms with van der Waals surface area (Å²) in [5.41, 5.74) is 0. The van der Waals surface area contributed by atoms with Crippen molar-refractivity contribution >= 4 is 33.4 Å². The molecule has 0 spiro atoms. The molecule has 1 aliphatic carbocycles. The topological polar surface area (TPSA) is 109 Å². The van der Waals surface area contributed by atoms with E-state index in [1.807, 2.05) is 0 Å². The molecule has 2 rings (SSSR count). The van der Waals surface area contributed by atoms with E-state index in [2.05, 4.69) is 0 Å². The van der Waals surface area contributed by atoms with E-state index in [0.29, 0.717) is 0 Å². The standard InChI is InChI=1S/C14H15ClO6S/c15-11-6-9(13(16)17)10(14(18)19)7-12(11)22(20,21)8-4-2-1-3-5-8/h1-5,9-12H,6-7H2,(H,16,17)(H,18,19)/t9-,10+,11-,12+/m1/s1. The Bertz CT molecular complexity index is 672. The van der Waals surface area contributed by atoms with Crippen molar-refractivity contribution in [1.82, 2.24) is 0 Å². The largest absolute Gasteiger partial charge is 0.481 e. The molecule has 0 unspecified atom stereocenters. The Morgan fingerprint density at radius 1 is 1.00 bits per heavy atom. The van der Waals surface area contributed by atoms with Gasteiger partial charge in [-0.3, -0.25) is 9.59 Å². The van der Waals surface area contributed by atoms with Gasteiger partial charge in [-0.05, 0) is 25.0 Å². The van der Waals surface area contributed by atoms with E-state index in [-0.39, 0.29) is 17.7 Å². The minimum Gasteiger partial charge on any atom is -0.481 e. The number of hydrogen-bond donors (Lipinski definition) is 2. The molecule has 8 heteroatoms. The first-order chi connectivity index (χ1) is 10.2. The fraction of sp³-hybridized carbons (Fsp3) is 0.429. The molecule has 6 nitrogen and oxygen atoms in total. The number of sulfone groups is 1. The van der Waals surface area contributed by atoms with Gasteiger partial charge in [0.25, 0.3) is 0 Å². The van der Waals surface area contributed by atoms with Gasteiger partial charge in [-0.2, -0.15) is 0 Å². The van der Waals surface area contributed by atoms with E-state index >= 15 is 0 Å². The summed E-state index contributed by atoms with van der Waals surface area (Å²) in [7, 11) is -3.81. The van der Waals surface area contributed by atoms with Crippen LogP contribution < -0.4 is 0 Å². The number of carboxylic acids is 2. The highest BCUT2D eigenvalue weighted by molar-refractivity contribution is 7.92. The predicted octanol–water partition coefficient (Wildman–Crippen LogP) is 1.63. The molecule has 0 aromatic heterocycles. The van der Waals surface area contributed by atoms with Crippen LogP contribution in [0.5, 0.6) is 0 Å². The summed E-state index contributed by atoms with van der Waals surface area (Å²) in [6.07, 6.45) is -0.498. The molecule has 1 aromatic carbocycles. The molecule has 120 valence electrons. The molecule has 1 aromatic rings. The first kappa shape index (κ1) is 16.8. The molecule has 0 bridgehead atoms. The smallest absolute Gasteiger partial charge is 0.307 e. The summed E-state index contributed by atoms with van der Waals surface area (Å²) >= 11 is 6.09. The zero-order valence-corrected chi connectivity index (χ0v) is 13.0. The van der Waals surface area contributed by atoms with E-state index < -0.39 is 44.2 Å². The average molecular weight is 347 g/mol. The zero-order valence-electron chi connectivity index (χ0n) is 11.4. The normalized spacial score (nSPS) is 29.0. The van der Waals surface area contributed by atoms with Crippen molar-refractivity contribution in [2.75, 3.05) is 0 Å². The van der Waals surface area contributed by atoms with Crippen molar-refractivity contribution in [3.8, 4) is 0 Å². The number of aliphatic carboxylic acids is 2. The van der Waals surface area contributed by atoms with Gasteiger partial charge in [0.1, 0.15) is 0 Å². The second-order valence-electron chi connectivity index (χ2n) is 5.27. The Kier molecular flexibility index (Phi) is 4.77. The molecule has 0 amide bonds. The zero-order chi connectivity index (χ0) is 16.5. The summed E-state index contributed by atoms with van der Waals surface area (Å²) in [4.78, 5) is 22.5. The highest BCUT2D eigenvalue weighted by Crippen LogP contribution is 2.39. The lowest BCUT2D eigenvalue weighted by Crippen LogP contribution is -2.46. The fourth-order valence-electron chi connectivity index (χ4n) is 2.77. The monoisotopic (exact) mass is 346 g/mol. The van der Waals surface area contributed by atoms with Gasteiger partial charge in [0.05, 0.1) is 27.4 Å². The van der Waals surface area contributed by atoms with E-state index in [1.54, 1.807) is 18.2 Å². The highest BCUT2D eigenvalue weighted by Gasteiger charge is 2.48. The van der Waals surface area contributed by atoms with Crippen LogP contribution in [0, 0.1) is 11.8 Å². The molecular weight excluding hydrogens is 332 g/mol. The van der Waals surface area contributed by atoms with Crippen molar-refractivity contribution in [2.45, 2.75) is 28.4 Å². The van der Waals surface area contributed by atoms with Crippen molar-refractivity contribution in [2.24, 2.45) is 11.8 Å². The lowest BCUT2D eigenvalue weighted by atomic mass is 9.79. The van der Waals surface area contributed by atoms with Crippen molar-refractivity contribution < 1.29 is 28.2 Å². The van der Waals surface area contributed by atoms with Gasteiger partial charge in [-0.1, -0.05) is 18.2 Å². The Hall–Kier alpha value is -1.60. The maximum absolute atomic E-state index is 12.6. The minimum absolute atomic E-state index is 0.0589. The Labute approximate surface area is 132 Å². The van der Waals surface area contributed by atoms with Gasteiger partial charge >= 0.3 is 11.9 Å². The third-order valence-corrected chi connectivity index (χ3v) is 6.84. The summed E-state index contributed by atoms with van der Waals surface area (Å²) in [5, 5.41) is 16.2. The molecule has 0 radical (unpaired) electrons. The molecule has 1 saturated carbocycles. The van der Waals surface area contributed by atoms with E-state index in [9.17, 15) is 23.1 Å². The van der Waals surface area contributed by atoms with Crippen LogP contribution in [-0.2, 0) is 19.4 Å². The van der Waals surface area contributed by atoms with Crippen LogP contribution in [0.25, 0.3) is 0 Å². The summed E-state index contributed by atoms with van der Waals surface area (Å²) in [6, 6.07) is 7.62. The summed E-state index contributed by atoms with van der Waals surface area (Å²) < 4.78 is 25.2. The number of carbonyl (C=O) groups is 2. The number of benzene rings is 1. The Morgan fingerprint density at radius 2 is 1.50 bits per heavy atom. The third kappa shape index (κ3) is 3.10. The van der Waals surface area contributed by atoms with Gasteiger partial charge < -0.3 is 10.2 Å². The molecule has 1 aliphatic rings.